The fourth-order valence-electron chi connectivity index (χ4n) is 2.51. The van der Waals surface area contributed by atoms with Crippen LogP contribution in [0.15, 0.2) is 6.20 Å². The Labute approximate surface area is 121 Å². The van der Waals surface area contributed by atoms with Crippen molar-refractivity contribution < 1.29 is 4.74 Å². The molecular weight excluding hydrogens is 254 g/mol. The average molecular weight is 281 g/mol. The zero-order valence-electron chi connectivity index (χ0n) is 13.0. The van der Waals surface area contributed by atoms with Crippen LogP contribution in [0.2, 0.25) is 0 Å². The van der Waals surface area contributed by atoms with Crippen LogP contribution in [-0.4, -0.2) is 47.6 Å². The third kappa shape index (κ3) is 3.58. The molecule has 0 spiro atoms. The highest BCUT2D eigenvalue weighted by atomic mass is 16.5. The maximum Gasteiger partial charge on any atom is 0.0726 e. The summed E-state index contributed by atoms with van der Waals surface area (Å²) in [7, 11) is 1.96. The molecule has 20 heavy (non-hydrogen) atoms. The van der Waals surface area contributed by atoms with E-state index >= 15 is 0 Å². The van der Waals surface area contributed by atoms with Crippen molar-refractivity contribution in [3.8, 4) is 0 Å². The average Bonchev–Trinajstić information content (AvgIpc) is 2.79. The molecule has 0 saturated carbocycles. The monoisotopic (exact) mass is 281 g/mol. The van der Waals surface area contributed by atoms with Crippen molar-refractivity contribution in [1.29, 1.82) is 0 Å². The number of aromatic nitrogens is 2. The van der Waals surface area contributed by atoms with Crippen LogP contribution >= 0.6 is 0 Å². The molecule has 1 saturated heterocycles. The van der Waals surface area contributed by atoms with Crippen LogP contribution in [0.5, 0.6) is 0 Å². The minimum absolute atomic E-state index is 0.0106. The van der Waals surface area contributed by atoms with E-state index < -0.39 is 0 Å². The van der Waals surface area contributed by atoms with Crippen LogP contribution in [0.3, 0.4) is 0 Å². The van der Waals surface area contributed by atoms with E-state index in [1.165, 1.54) is 5.56 Å². The van der Waals surface area contributed by atoms with Gasteiger partial charge in [0.25, 0.3) is 0 Å². The van der Waals surface area contributed by atoms with E-state index in [1.807, 2.05) is 11.7 Å². The van der Waals surface area contributed by atoms with Crippen LogP contribution in [-0.2, 0) is 17.2 Å². The summed E-state index contributed by atoms with van der Waals surface area (Å²) in [4.78, 5) is 0. The molecule has 1 aromatic heterocycles. The number of aryl methyl sites for hydroxylation is 1. The first-order chi connectivity index (χ1) is 9.41. The van der Waals surface area contributed by atoms with Crippen molar-refractivity contribution in [2.24, 2.45) is 12.8 Å². The second kappa shape index (κ2) is 6.22. The Morgan fingerprint density at radius 1 is 1.40 bits per heavy atom. The van der Waals surface area contributed by atoms with Crippen molar-refractivity contribution >= 4 is 0 Å². The highest BCUT2D eigenvalue weighted by Gasteiger charge is 2.27. The maximum atomic E-state index is 5.99. The number of hydrogen-bond acceptors (Lipinski definition) is 5. The molecule has 1 atom stereocenters. The first-order valence-electron chi connectivity index (χ1n) is 7.24. The molecule has 2 rings (SSSR count). The summed E-state index contributed by atoms with van der Waals surface area (Å²) in [5.41, 5.74) is 11.8. The van der Waals surface area contributed by atoms with Gasteiger partial charge in [-0.05, 0) is 0 Å². The maximum absolute atomic E-state index is 5.99. The predicted octanol–water partition coefficient (Wildman–Crippen LogP) is 0.554. The van der Waals surface area contributed by atoms with Gasteiger partial charge in [-0.25, -0.2) is 10.4 Å². The zero-order chi connectivity index (χ0) is 14.8. The van der Waals surface area contributed by atoms with Crippen molar-refractivity contribution in [2.75, 3.05) is 32.8 Å². The van der Waals surface area contributed by atoms with Gasteiger partial charge >= 0.3 is 0 Å². The number of nitrogens with one attached hydrogen (secondary N) is 1. The summed E-state index contributed by atoms with van der Waals surface area (Å²) in [6, 6.07) is 0.0935. The van der Waals surface area contributed by atoms with E-state index in [0.29, 0.717) is 6.54 Å². The van der Waals surface area contributed by atoms with Gasteiger partial charge in [0.1, 0.15) is 0 Å². The quantitative estimate of drug-likeness (QED) is 0.844. The number of rotatable bonds is 4. The smallest absolute Gasteiger partial charge is 0.0726 e. The number of nitrogens with two attached hydrogens (primary N) is 1. The topological polar surface area (TPSA) is 68.3 Å². The third-order valence-electron chi connectivity index (χ3n) is 3.53. The van der Waals surface area contributed by atoms with Gasteiger partial charge in [-0.3, -0.25) is 4.68 Å². The van der Waals surface area contributed by atoms with Gasteiger partial charge in [0, 0.05) is 43.9 Å². The summed E-state index contributed by atoms with van der Waals surface area (Å²) in [5, 5.41) is 6.82. The van der Waals surface area contributed by atoms with Gasteiger partial charge < -0.3 is 10.5 Å². The summed E-state index contributed by atoms with van der Waals surface area (Å²) in [6.45, 7) is 10.4. The molecule has 6 heteroatoms. The van der Waals surface area contributed by atoms with E-state index in [4.69, 9.17) is 10.5 Å². The van der Waals surface area contributed by atoms with Crippen molar-refractivity contribution in [1.82, 2.24) is 20.2 Å². The summed E-state index contributed by atoms with van der Waals surface area (Å²) >= 11 is 0. The lowest BCUT2D eigenvalue weighted by Crippen LogP contribution is -2.49. The van der Waals surface area contributed by atoms with E-state index in [9.17, 15) is 0 Å². The van der Waals surface area contributed by atoms with Gasteiger partial charge in [0.2, 0.25) is 0 Å². The van der Waals surface area contributed by atoms with Gasteiger partial charge in [-0.15, -0.1) is 0 Å². The van der Waals surface area contributed by atoms with Crippen molar-refractivity contribution in [3.63, 3.8) is 0 Å². The van der Waals surface area contributed by atoms with E-state index in [0.717, 1.165) is 32.0 Å². The Morgan fingerprint density at radius 2 is 2.05 bits per heavy atom. The van der Waals surface area contributed by atoms with E-state index in [2.05, 4.69) is 42.5 Å². The summed E-state index contributed by atoms with van der Waals surface area (Å²) in [5.74, 6) is 0. The largest absolute Gasteiger partial charge is 0.379 e. The minimum Gasteiger partial charge on any atom is -0.379 e. The summed E-state index contributed by atoms with van der Waals surface area (Å²) in [6.07, 6.45) is 2.07. The van der Waals surface area contributed by atoms with Gasteiger partial charge in [0.15, 0.2) is 0 Å². The lowest BCUT2D eigenvalue weighted by molar-refractivity contribution is 0.00392. The number of nitrogens with zero attached hydrogens (tertiary/aromatic N) is 3. The molecule has 0 radical (unpaired) electrons. The SMILES string of the molecule is Cn1cc(C(CN)NN2CCOCC2)c(C(C)(C)C)n1. The molecule has 0 aromatic carbocycles. The lowest BCUT2D eigenvalue weighted by Gasteiger charge is -2.32. The summed E-state index contributed by atoms with van der Waals surface area (Å²) < 4.78 is 7.25. The number of hydrogen-bond donors (Lipinski definition) is 2. The van der Waals surface area contributed by atoms with Crippen molar-refractivity contribution in [3.05, 3.63) is 17.5 Å². The lowest BCUT2D eigenvalue weighted by atomic mass is 9.87. The molecule has 1 unspecified atom stereocenters. The first-order valence-corrected chi connectivity index (χ1v) is 7.24. The molecule has 0 aliphatic carbocycles. The third-order valence-corrected chi connectivity index (χ3v) is 3.53. The number of ether oxygens (including phenoxy) is 1. The second-order valence-electron chi connectivity index (χ2n) is 6.37. The fourth-order valence-corrected chi connectivity index (χ4v) is 2.51. The van der Waals surface area contributed by atoms with Crippen LogP contribution in [0, 0.1) is 0 Å². The van der Waals surface area contributed by atoms with Gasteiger partial charge in [-0.2, -0.15) is 5.10 Å². The molecule has 0 bridgehead atoms. The second-order valence-corrected chi connectivity index (χ2v) is 6.37. The Bertz CT molecular complexity index is 431. The van der Waals surface area contributed by atoms with Crippen molar-refractivity contribution in [2.45, 2.75) is 32.2 Å². The van der Waals surface area contributed by atoms with Crippen LogP contribution < -0.4 is 11.2 Å². The molecule has 1 aliphatic heterocycles. The van der Waals surface area contributed by atoms with Crippen LogP contribution in [0.4, 0.5) is 0 Å². The molecular formula is C14H27N5O. The molecule has 1 fully saturated rings. The highest BCUT2D eigenvalue weighted by molar-refractivity contribution is 5.27. The number of hydrazine groups is 1. The normalized spacial score (nSPS) is 19.2. The predicted molar refractivity (Wildman–Crippen MR) is 79.2 cm³/mol. The fraction of sp³-hybridized carbons (Fsp3) is 0.786. The Hall–Kier alpha value is -0.950. The Balaban J connectivity index is 2.18. The molecule has 0 amide bonds. The minimum atomic E-state index is 0.0106. The van der Waals surface area contributed by atoms with Crippen LogP contribution in [0.1, 0.15) is 38.1 Å². The van der Waals surface area contributed by atoms with Gasteiger partial charge in [-0.1, -0.05) is 20.8 Å². The highest BCUT2D eigenvalue weighted by Crippen LogP contribution is 2.28. The molecule has 6 nitrogen and oxygen atoms in total. The molecule has 1 aromatic rings. The Morgan fingerprint density at radius 3 is 2.60 bits per heavy atom. The standard InChI is InChI=1S/C14H27N5O/c1-14(2,3)13-11(10-18(4)17-13)12(9-15)16-19-5-7-20-8-6-19/h10,12,16H,5-9,15H2,1-4H3. The molecule has 2 heterocycles. The van der Waals surface area contributed by atoms with E-state index in [-0.39, 0.29) is 11.5 Å². The zero-order valence-corrected chi connectivity index (χ0v) is 13.0. The van der Waals surface area contributed by atoms with Crippen LogP contribution in [0.25, 0.3) is 0 Å². The molecule has 114 valence electrons. The van der Waals surface area contributed by atoms with E-state index in [1.54, 1.807) is 0 Å². The molecule has 1 aliphatic rings. The first kappa shape index (κ1) is 15.4. The van der Waals surface area contributed by atoms with Gasteiger partial charge in [0.05, 0.1) is 24.9 Å². The number of morpholine rings is 1. The molecule has 3 N–H and O–H groups in total. The Kier molecular flexibility index (Phi) is 4.80.